The van der Waals surface area contributed by atoms with Gasteiger partial charge >= 0.3 is 0 Å². The molecule has 0 heterocycles. The molecule has 0 saturated heterocycles. The van der Waals surface area contributed by atoms with Crippen molar-refractivity contribution >= 4 is 29.4 Å². The van der Waals surface area contributed by atoms with Gasteiger partial charge in [0.15, 0.2) is 0 Å². The quantitative estimate of drug-likeness (QED) is 0.351. The fourth-order valence-corrected chi connectivity index (χ4v) is 2.55. The number of hydrogen-bond acceptors (Lipinski definition) is 5. The molecule has 0 atom stereocenters. The monoisotopic (exact) mass is 409 g/mol. The molecule has 0 aliphatic rings. The number of benzene rings is 3. The van der Waals surface area contributed by atoms with Gasteiger partial charge in [0.05, 0.1) is 11.1 Å². The van der Waals surface area contributed by atoms with Crippen LogP contribution in [0.1, 0.15) is 21.5 Å². The molecule has 146 valence electrons. The molecule has 3 aromatic carbocycles. The summed E-state index contributed by atoms with van der Waals surface area (Å²) in [5, 5.41) is 15.4. The van der Waals surface area contributed by atoms with Crippen LogP contribution in [0.5, 0.6) is 5.75 Å². The number of non-ortho nitro benzene ring substituents is 1. The van der Waals surface area contributed by atoms with Crippen LogP contribution in [0, 0.1) is 10.1 Å². The van der Waals surface area contributed by atoms with Gasteiger partial charge in [-0.15, -0.1) is 0 Å². The second-order valence-corrected chi connectivity index (χ2v) is 6.43. The highest BCUT2D eigenvalue weighted by atomic mass is 35.5. The van der Waals surface area contributed by atoms with E-state index in [4.69, 9.17) is 16.3 Å². The molecule has 3 rings (SSSR count). The highest BCUT2D eigenvalue weighted by Gasteiger charge is 2.10. The van der Waals surface area contributed by atoms with Gasteiger partial charge in [-0.05, 0) is 41.5 Å². The average Bonchev–Trinajstić information content (AvgIpc) is 2.73. The van der Waals surface area contributed by atoms with Crippen LogP contribution in [0.15, 0.2) is 77.9 Å². The molecule has 0 saturated carbocycles. The molecule has 0 aromatic heterocycles. The fourth-order valence-electron chi connectivity index (χ4n) is 2.42. The first-order valence-electron chi connectivity index (χ1n) is 8.56. The van der Waals surface area contributed by atoms with Gasteiger partial charge in [-0.25, -0.2) is 5.43 Å². The maximum atomic E-state index is 12.1. The first-order valence-corrected chi connectivity index (χ1v) is 8.94. The predicted molar refractivity (Wildman–Crippen MR) is 110 cm³/mol. The second kappa shape index (κ2) is 9.48. The van der Waals surface area contributed by atoms with Crippen LogP contribution in [-0.4, -0.2) is 17.0 Å². The summed E-state index contributed by atoms with van der Waals surface area (Å²) < 4.78 is 5.75. The van der Waals surface area contributed by atoms with E-state index in [9.17, 15) is 14.9 Å². The van der Waals surface area contributed by atoms with E-state index in [1.165, 1.54) is 30.5 Å². The standard InChI is InChI=1S/C21H16ClN3O4/c22-18-9-7-15(8-10-18)14-29-20-6-1-3-16(11-20)13-23-24-21(26)17-4-2-5-19(12-17)25(27)28/h1-13H,14H2,(H,24,26)/b23-13-. The summed E-state index contributed by atoms with van der Waals surface area (Å²) in [6, 6.07) is 20.0. The van der Waals surface area contributed by atoms with Crippen molar-refractivity contribution in [3.05, 3.63) is 105 Å². The number of nitro groups is 1. The van der Waals surface area contributed by atoms with Crippen molar-refractivity contribution in [3.8, 4) is 5.75 Å². The van der Waals surface area contributed by atoms with E-state index in [0.29, 0.717) is 17.4 Å². The Balaban J connectivity index is 1.58. The van der Waals surface area contributed by atoms with Crippen molar-refractivity contribution in [2.45, 2.75) is 6.61 Å². The number of hydrazone groups is 1. The Morgan fingerprint density at radius 1 is 1.10 bits per heavy atom. The molecule has 1 N–H and O–H groups in total. The Bertz CT molecular complexity index is 1050. The molecule has 0 bridgehead atoms. The van der Waals surface area contributed by atoms with Crippen LogP contribution in [0.4, 0.5) is 5.69 Å². The van der Waals surface area contributed by atoms with Crippen LogP contribution >= 0.6 is 11.6 Å². The van der Waals surface area contributed by atoms with Crippen LogP contribution < -0.4 is 10.2 Å². The highest BCUT2D eigenvalue weighted by molar-refractivity contribution is 6.30. The minimum Gasteiger partial charge on any atom is -0.489 e. The number of ether oxygens (including phenoxy) is 1. The number of amides is 1. The lowest BCUT2D eigenvalue weighted by Gasteiger charge is -2.07. The van der Waals surface area contributed by atoms with E-state index in [0.717, 1.165) is 11.1 Å². The summed E-state index contributed by atoms with van der Waals surface area (Å²) >= 11 is 5.87. The van der Waals surface area contributed by atoms with Crippen LogP contribution in [0.2, 0.25) is 5.02 Å². The van der Waals surface area contributed by atoms with Crippen molar-refractivity contribution in [2.75, 3.05) is 0 Å². The molecule has 0 radical (unpaired) electrons. The SMILES string of the molecule is O=C(N/N=C\c1cccc(OCc2ccc(Cl)cc2)c1)c1cccc([N+](=O)[O-])c1. The summed E-state index contributed by atoms with van der Waals surface area (Å²) in [6.07, 6.45) is 1.46. The van der Waals surface area contributed by atoms with Gasteiger partial charge in [0.1, 0.15) is 12.4 Å². The van der Waals surface area contributed by atoms with Gasteiger partial charge < -0.3 is 4.74 Å². The molecule has 0 spiro atoms. The zero-order valence-corrected chi connectivity index (χ0v) is 15.9. The Morgan fingerprint density at radius 3 is 2.62 bits per heavy atom. The number of halogens is 1. The summed E-state index contributed by atoms with van der Waals surface area (Å²) in [5.41, 5.74) is 4.04. The average molecular weight is 410 g/mol. The first-order chi connectivity index (χ1) is 14.0. The predicted octanol–water partition coefficient (Wildman–Crippen LogP) is 4.59. The lowest BCUT2D eigenvalue weighted by molar-refractivity contribution is -0.384. The van der Waals surface area contributed by atoms with E-state index < -0.39 is 10.8 Å². The number of carbonyl (C=O) groups is 1. The Morgan fingerprint density at radius 2 is 1.86 bits per heavy atom. The molecule has 0 fully saturated rings. The Hall–Kier alpha value is -3.71. The molecular formula is C21H16ClN3O4. The fraction of sp³-hybridized carbons (Fsp3) is 0.0476. The number of nitro benzene ring substituents is 1. The molecule has 0 unspecified atom stereocenters. The van der Waals surface area contributed by atoms with Crippen molar-refractivity contribution in [1.82, 2.24) is 5.43 Å². The molecule has 0 aliphatic heterocycles. The molecule has 1 amide bonds. The van der Waals surface area contributed by atoms with Gasteiger partial charge in [-0.2, -0.15) is 5.10 Å². The zero-order valence-electron chi connectivity index (χ0n) is 15.1. The largest absolute Gasteiger partial charge is 0.489 e. The second-order valence-electron chi connectivity index (χ2n) is 5.99. The Labute approximate surface area is 171 Å². The summed E-state index contributed by atoms with van der Waals surface area (Å²) in [7, 11) is 0. The van der Waals surface area contributed by atoms with Gasteiger partial charge in [-0.3, -0.25) is 14.9 Å². The van der Waals surface area contributed by atoms with Crippen molar-refractivity contribution < 1.29 is 14.5 Å². The van der Waals surface area contributed by atoms with Gasteiger partial charge in [0.2, 0.25) is 0 Å². The molecule has 8 heteroatoms. The smallest absolute Gasteiger partial charge is 0.271 e. The van der Waals surface area contributed by atoms with E-state index in [1.54, 1.807) is 30.3 Å². The highest BCUT2D eigenvalue weighted by Crippen LogP contribution is 2.16. The van der Waals surface area contributed by atoms with Crippen molar-refractivity contribution in [1.29, 1.82) is 0 Å². The van der Waals surface area contributed by atoms with Gasteiger partial charge in [0, 0.05) is 22.7 Å². The lowest BCUT2D eigenvalue weighted by Crippen LogP contribution is -2.17. The summed E-state index contributed by atoms with van der Waals surface area (Å²) in [4.78, 5) is 22.3. The van der Waals surface area contributed by atoms with Crippen molar-refractivity contribution in [3.63, 3.8) is 0 Å². The van der Waals surface area contributed by atoms with Crippen LogP contribution in [0.25, 0.3) is 0 Å². The molecule has 0 aliphatic carbocycles. The van der Waals surface area contributed by atoms with Crippen LogP contribution in [0.3, 0.4) is 0 Å². The molecule has 3 aromatic rings. The third-order valence-electron chi connectivity index (χ3n) is 3.88. The van der Waals surface area contributed by atoms with E-state index >= 15 is 0 Å². The first kappa shape index (κ1) is 20.0. The third kappa shape index (κ3) is 5.88. The topological polar surface area (TPSA) is 93.8 Å². The number of hydrogen-bond donors (Lipinski definition) is 1. The minimum absolute atomic E-state index is 0.149. The zero-order chi connectivity index (χ0) is 20.6. The number of rotatable bonds is 7. The number of nitrogens with one attached hydrogen (secondary N) is 1. The third-order valence-corrected chi connectivity index (χ3v) is 4.13. The normalized spacial score (nSPS) is 10.7. The minimum atomic E-state index is -0.560. The lowest BCUT2D eigenvalue weighted by atomic mass is 10.2. The maximum absolute atomic E-state index is 12.1. The number of nitrogens with zero attached hydrogens (tertiary/aromatic N) is 2. The van der Waals surface area contributed by atoms with Gasteiger partial charge in [-0.1, -0.05) is 41.9 Å². The van der Waals surface area contributed by atoms with Gasteiger partial charge in [0.25, 0.3) is 11.6 Å². The maximum Gasteiger partial charge on any atom is 0.271 e. The molecule has 29 heavy (non-hydrogen) atoms. The Kier molecular flexibility index (Phi) is 6.55. The number of carbonyl (C=O) groups excluding carboxylic acids is 1. The van der Waals surface area contributed by atoms with E-state index in [1.807, 2.05) is 18.2 Å². The van der Waals surface area contributed by atoms with E-state index in [-0.39, 0.29) is 11.3 Å². The van der Waals surface area contributed by atoms with Crippen LogP contribution in [-0.2, 0) is 6.61 Å². The van der Waals surface area contributed by atoms with Crippen molar-refractivity contribution in [2.24, 2.45) is 5.10 Å². The summed E-state index contributed by atoms with van der Waals surface area (Å²) in [6.45, 7) is 0.390. The molecule has 7 nitrogen and oxygen atoms in total. The molecular weight excluding hydrogens is 394 g/mol. The van der Waals surface area contributed by atoms with E-state index in [2.05, 4.69) is 10.5 Å². The summed E-state index contributed by atoms with van der Waals surface area (Å²) in [5.74, 6) is 0.106.